The van der Waals surface area contributed by atoms with E-state index in [4.69, 9.17) is 38.3 Å². The van der Waals surface area contributed by atoms with E-state index in [-0.39, 0.29) is 41.1 Å². The molecule has 3 aromatic rings. The van der Waals surface area contributed by atoms with Gasteiger partial charge >= 0.3 is 5.97 Å². The predicted octanol–water partition coefficient (Wildman–Crippen LogP) is 2.30. The molecule has 1 atom stereocenters. The number of guanidine groups is 1. The molecule has 0 saturated carbocycles. The number of aryl methyl sites for hydroxylation is 2. The van der Waals surface area contributed by atoms with Crippen molar-refractivity contribution in [2.24, 2.45) is 10.7 Å². The SMILES string of the molecule is CCOCOC(=O)[C@H]1CNCCN1C(=O)CCc1ccc(-c2ccc(CCCCN=C(N)NC(=O)c3nc(Cl)c(N)nc3N)cc2)cc1. The second kappa shape index (κ2) is 17.9. The number of piperazine rings is 1. The largest absolute Gasteiger partial charge is 0.437 e. The number of nitrogen functional groups attached to an aromatic ring is 2. The van der Waals surface area contributed by atoms with Crippen LogP contribution in [-0.2, 0) is 31.9 Å². The van der Waals surface area contributed by atoms with Crippen molar-refractivity contribution in [1.29, 1.82) is 0 Å². The first-order valence-corrected chi connectivity index (χ1v) is 16.2. The number of benzene rings is 2. The van der Waals surface area contributed by atoms with Gasteiger partial charge < -0.3 is 36.9 Å². The standard InChI is InChI=1S/C33H42ClN9O5/c1-2-47-20-48-32(46)25-19-38-17-18-43(25)26(44)15-10-22-8-13-24(14-9-22)23-11-6-21(7-12-23)5-3-4-16-39-33(37)42-31(45)27-29(35)41-30(36)28(34)40-27/h6-9,11-14,25,38H,2-5,10,15-20H2,1H3,(H4,35,36,41)(H3,37,39,42,45)/t25-/m1/s1. The zero-order chi connectivity index (χ0) is 34.5. The molecule has 48 heavy (non-hydrogen) atoms. The molecule has 1 aliphatic heterocycles. The highest BCUT2D eigenvalue weighted by Gasteiger charge is 2.33. The number of nitrogens with one attached hydrogen (secondary N) is 2. The lowest BCUT2D eigenvalue weighted by molar-refractivity contribution is -0.166. The van der Waals surface area contributed by atoms with Gasteiger partial charge in [-0.05, 0) is 54.9 Å². The highest BCUT2D eigenvalue weighted by Crippen LogP contribution is 2.22. The molecule has 15 heteroatoms. The molecule has 256 valence electrons. The number of hydrogen-bond donors (Lipinski definition) is 5. The minimum atomic E-state index is -0.675. The van der Waals surface area contributed by atoms with E-state index < -0.39 is 17.9 Å². The van der Waals surface area contributed by atoms with Gasteiger partial charge in [0.25, 0.3) is 5.91 Å². The van der Waals surface area contributed by atoms with Gasteiger partial charge in [0.05, 0.1) is 0 Å². The molecule has 2 amide bonds. The summed E-state index contributed by atoms with van der Waals surface area (Å²) in [4.78, 5) is 51.2. The first kappa shape index (κ1) is 36.1. The number of aromatic nitrogens is 2. The number of aliphatic imine (C=N–C) groups is 1. The van der Waals surface area contributed by atoms with Gasteiger partial charge in [0.1, 0.15) is 6.04 Å². The summed E-state index contributed by atoms with van der Waals surface area (Å²) in [5, 5.41) is 5.45. The number of amides is 2. The lowest BCUT2D eigenvalue weighted by Gasteiger charge is -2.34. The number of rotatable bonds is 14. The van der Waals surface area contributed by atoms with Gasteiger partial charge in [-0.25, -0.2) is 14.8 Å². The van der Waals surface area contributed by atoms with Gasteiger partial charge in [0.15, 0.2) is 35.2 Å². The van der Waals surface area contributed by atoms with Crippen LogP contribution in [0.25, 0.3) is 11.1 Å². The summed E-state index contributed by atoms with van der Waals surface area (Å²) in [5.41, 5.74) is 21.3. The Morgan fingerprint density at radius 2 is 1.67 bits per heavy atom. The Morgan fingerprint density at radius 1 is 1.00 bits per heavy atom. The van der Waals surface area contributed by atoms with Crippen LogP contribution < -0.4 is 27.8 Å². The van der Waals surface area contributed by atoms with E-state index in [0.717, 1.165) is 36.0 Å². The topological polar surface area (TPSA) is 213 Å². The second-order valence-electron chi connectivity index (χ2n) is 11.1. The average Bonchev–Trinajstić information content (AvgIpc) is 3.09. The van der Waals surface area contributed by atoms with Crippen molar-refractivity contribution in [1.82, 2.24) is 25.5 Å². The minimum absolute atomic E-state index is 0.0556. The van der Waals surface area contributed by atoms with Crippen LogP contribution in [0.1, 0.15) is 47.8 Å². The third kappa shape index (κ3) is 10.4. The molecule has 0 spiro atoms. The van der Waals surface area contributed by atoms with E-state index in [1.807, 2.05) is 19.1 Å². The Hall–Kier alpha value is -4.79. The second-order valence-corrected chi connectivity index (χ2v) is 11.4. The molecule has 1 aliphatic rings. The maximum Gasteiger partial charge on any atom is 0.332 e. The molecule has 4 rings (SSSR count). The van der Waals surface area contributed by atoms with Crippen molar-refractivity contribution in [2.45, 2.75) is 45.1 Å². The number of hydrogen-bond acceptors (Lipinski definition) is 11. The van der Waals surface area contributed by atoms with Crippen LogP contribution in [0.5, 0.6) is 0 Å². The van der Waals surface area contributed by atoms with Crippen molar-refractivity contribution < 1.29 is 23.9 Å². The number of halogens is 1. The molecule has 1 fully saturated rings. The average molecular weight is 680 g/mol. The number of unbranched alkanes of at least 4 members (excludes halogenated alkanes) is 1. The van der Waals surface area contributed by atoms with Crippen LogP contribution >= 0.6 is 11.6 Å². The fraction of sp³-hybridized carbons (Fsp3) is 0.394. The molecule has 0 bridgehead atoms. The molecule has 0 aliphatic carbocycles. The number of anilines is 2. The predicted molar refractivity (Wildman–Crippen MR) is 184 cm³/mol. The summed E-state index contributed by atoms with van der Waals surface area (Å²) in [6.45, 7) is 4.04. The Morgan fingerprint density at radius 3 is 2.33 bits per heavy atom. The fourth-order valence-electron chi connectivity index (χ4n) is 5.08. The number of ether oxygens (including phenoxy) is 2. The van der Waals surface area contributed by atoms with Crippen LogP contribution in [0.2, 0.25) is 5.15 Å². The highest BCUT2D eigenvalue weighted by molar-refractivity contribution is 6.31. The lowest BCUT2D eigenvalue weighted by atomic mass is 9.99. The Balaban J connectivity index is 1.19. The van der Waals surface area contributed by atoms with Gasteiger partial charge in [0, 0.05) is 39.2 Å². The molecule has 1 saturated heterocycles. The van der Waals surface area contributed by atoms with Gasteiger partial charge in [-0.3, -0.25) is 19.9 Å². The van der Waals surface area contributed by atoms with Crippen LogP contribution in [0.15, 0.2) is 53.5 Å². The highest BCUT2D eigenvalue weighted by atomic mass is 35.5. The van der Waals surface area contributed by atoms with E-state index in [1.165, 1.54) is 5.56 Å². The van der Waals surface area contributed by atoms with Crippen LogP contribution in [0.4, 0.5) is 11.6 Å². The van der Waals surface area contributed by atoms with Gasteiger partial charge in [-0.1, -0.05) is 60.1 Å². The number of carbonyl (C=O) groups excluding carboxylic acids is 3. The molecule has 2 heterocycles. The third-order valence-electron chi connectivity index (χ3n) is 7.71. The summed E-state index contributed by atoms with van der Waals surface area (Å²) in [7, 11) is 0. The number of nitrogens with two attached hydrogens (primary N) is 3. The number of carbonyl (C=O) groups is 3. The van der Waals surface area contributed by atoms with Crippen molar-refractivity contribution in [2.75, 3.05) is 51.0 Å². The molecule has 14 nitrogen and oxygen atoms in total. The van der Waals surface area contributed by atoms with E-state index in [0.29, 0.717) is 45.6 Å². The lowest BCUT2D eigenvalue weighted by Crippen LogP contribution is -2.57. The van der Waals surface area contributed by atoms with E-state index in [9.17, 15) is 14.4 Å². The smallest absolute Gasteiger partial charge is 0.332 e. The Kier molecular flexibility index (Phi) is 13.5. The summed E-state index contributed by atoms with van der Waals surface area (Å²) in [5.74, 6) is -1.48. The molecule has 0 radical (unpaired) electrons. The summed E-state index contributed by atoms with van der Waals surface area (Å²) < 4.78 is 10.3. The first-order valence-electron chi connectivity index (χ1n) is 15.8. The maximum absolute atomic E-state index is 13.0. The quantitative estimate of drug-likeness (QED) is 0.0548. The van der Waals surface area contributed by atoms with Crippen molar-refractivity contribution in [3.8, 4) is 11.1 Å². The summed E-state index contributed by atoms with van der Waals surface area (Å²) in [6.07, 6.45) is 3.39. The monoisotopic (exact) mass is 679 g/mol. The number of nitrogens with zero attached hydrogens (tertiary/aromatic N) is 4. The molecular weight excluding hydrogens is 638 g/mol. The van der Waals surface area contributed by atoms with Crippen molar-refractivity contribution in [3.05, 3.63) is 70.5 Å². The van der Waals surface area contributed by atoms with Crippen LogP contribution in [0.3, 0.4) is 0 Å². The molecular formula is C33H42ClN9O5. The zero-order valence-electron chi connectivity index (χ0n) is 26.9. The van der Waals surface area contributed by atoms with Crippen LogP contribution in [-0.4, -0.2) is 84.2 Å². The molecule has 0 unspecified atom stereocenters. The first-order chi connectivity index (χ1) is 23.2. The van der Waals surface area contributed by atoms with Gasteiger partial charge in [0.2, 0.25) is 5.91 Å². The van der Waals surface area contributed by atoms with E-state index in [2.05, 4.69) is 62.0 Å². The van der Waals surface area contributed by atoms with E-state index in [1.54, 1.807) is 4.90 Å². The van der Waals surface area contributed by atoms with Gasteiger partial charge in [-0.2, -0.15) is 0 Å². The number of esters is 1. The molecule has 1 aromatic heterocycles. The zero-order valence-corrected chi connectivity index (χ0v) is 27.7. The van der Waals surface area contributed by atoms with E-state index >= 15 is 0 Å². The minimum Gasteiger partial charge on any atom is -0.437 e. The fourth-order valence-corrected chi connectivity index (χ4v) is 5.21. The summed E-state index contributed by atoms with van der Waals surface area (Å²) >= 11 is 5.82. The summed E-state index contributed by atoms with van der Waals surface area (Å²) in [6, 6.07) is 15.9. The normalized spacial score (nSPS) is 14.8. The Bertz CT molecular complexity index is 1590. The van der Waals surface area contributed by atoms with Crippen LogP contribution in [0, 0.1) is 0 Å². The maximum atomic E-state index is 13.0. The molecule has 8 N–H and O–H groups in total. The molecule has 2 aromatic carbocycles. The third-order valence-corrected chi connectivity index (χ3v) is 7.99. The van der Waals surface area contributed by atoms with Gasteiger partial charge in [-0.15, -0.1) is 0 Å². The van der Waals surface area contributed by atoms with Crippen molar-refractivity contribution in [3.63, 3.8) is 0 Å². The van der Waals surface area contributed by atoms with Crippen molar-refractivity contribution >= 4 is 47.0 Å². The Labute approximate surface area is 284 Å².